The van der Waals surface area contributed by atoms with E-state index in [1.165, 1.54) is 6.92 Å². The normalized spacial score (nSPS) is 12.7. The Bertz CT molecular complexity index is 741. The van der Waals surface area contributed by atoms with Crippen molar-refractivity contribution in [2.24, 2.45) is 0 Å². The molecule has 3 rings (SSSR count). The summed E-state index contributed by atoms with van der Waals surface area (Å²) in [6.07, 6.45) is -0.678. The van der Waals surface area contributed by atoms with Gasteiger partial charge in [-0.1, -0.05) is 36.4 Å². The molecule has 0 aliphatic heterocycles. The van der Waals surface area contributed by atoms with Crippen LogP contribution in [0.2, 0.25) is 0 Å². The van der Waals surface area contributed by atoms with E-state index in [2.05, 4.69) is 4.98 Å². The number of aliphatic hydroxyl groups excluding tert-OH is 1. The number of hydrogen-bond acceptors (Lipinski definition) is 3. The van der Waals surface area contributed by atoms with Crippen molar-refractivity contribution >= 4 is 27.6 Å². The van der Waals surface area contributed by atoms with Crippen molar-refractivity contribution in [1.82, 2.24) is 4.98 Å². The number of carbonyl (C=O) groups excluding carboxylic acids is 1. The van der Waals surface area contributed by atoms with E-state index < -0.39 is 6.10 Å². The molecule has 1 aromatic heterocycles. The Morgan fingerprint density at radius 2 is 1.55 bits per heavy atom. The SMILES string of the molecule is CC(=O)CC(O)c1c2ccccc2nc2ccccc12. The van der Waals surface area contributed by atoms with Crippen molar-refractivity contribution in [2.75, 3.05) is 0 Å². The Morgan fingerprint density at radius 1 is 1.05 bits per heavy atom. The fraction of sp³-hybridized carbons (Fsp3) is 0.176. The van der Waals surface area contributed by atoms with Gasteiger partial charge in [0, 0.05) is 17.2 Å². The highest BCUT2D eigenvalue weighted by molar-refractivity contribution is 5.98. The summed E-state index contributed by atoms with van der Waals surface area (Å²) in [6, 6.07) is 15.4. The predicted molar refractivity (Wildman–Crippen MR) is 79.5 cm³/mol. The lowest BCUT2D eigenvalue weighted by Crippen LogP contribution is -2.05. The van der Waals surface area contributed by atoms with E-state index in [0.29, 0.717) is 0 Å². The van der Waals surface area contributed by atoms with Crippen molar-refractivity contribution in [3.63, 3.8) is 0 Å². The van der Waals surface area contributed by atoms with Crippen LogP contribution >= 0.6 is 0 Å². The van der Waals surface area contributed by atoms with Gasteiger partial charge < -0.3 is 5.11 Å². The molecule has 3 heteroatoms. The first kappa shape index (κ1) is 12.8. The Balaban J connectivity index is 2.35. The van der Waals surface area contributed by atoms with Crippen LogP contribution in [0.25, 0.3) is 21.8 Å². The lowest BCUT2D eigenvalue weighted by Gasteiger charge is -2.15. The number of rotatable bonds is 3. The number of ketones is 1. The van der Waals surface area contributed by atoms with Gasteiger partial charge in [0.25, 0.3) is 0 Å². The molecule has 0 aliphatic carbocycles. The van der Waals surface area contributed by atoms with Crippen LogP contribution in [0.4, 0.5) is 0 Å². The predicted octanol–water partition coefficient (Wildman–Crippen LogP) is 3.40. The topological polar surface area (TPSA) is 50.2 Å². The summed E-state index contributed by atoms with van der Waals surface area (Å²) in [4.78, 5) is 15.9. The summed E-state index contributed by atoms with van der Waals surface area (Å²) in [5.74, 6) is -0.0255. The Hall–Kier alpha value is -2.26. The highest BCUT2D eigenvalue weighted by Crippen LogP contribution is 2.32. The minimum atomic E-state index is -0.801. The van der Waals surface area contributed by atoms with Crippen LogP contribution in [0.15, 0.2) is 48.5 Å². The first-order valence-electron chi connectivity index (χ1n) is 6.61. The fourth-order valence-corrected chi connectivity index (χ4v) is 2.61. The van der Waals surface area contributed by atoms with Gasteiger partial charge in [0.1, 0.15) is 5.78 Å². The summed E-state index contributed by atoms with van der Waals surface area (Å²) in [5.41, 5.74) is 2.47. The molecule has 1 unspecified atom stereocenters. The molecular formula is C17H15NO2. The van der Waals surface area contributed by atoms with Crippen molar-refractivity contribution in [1.29, 1.82) is 0 Å². The average molecular weight is 265 g/mol. The maximum atomic E-state index is 11.3. The van der Waals surface area contributed by atoms with E-state index in [4.69, 9.17) is 0 Å². The highest BCUT2D eigenvalue weighted by Gasteiger charge is 2.17. The molecule has 0 spiro atoms. The molecule has 2 aromatic carbocycles. The maximum absolute atomic E-state index is 11.3. The van der Waals surface area contributed by atoms with Gasteiger partial charge in [-0.15, -0.1) is 0 Å². The van der Waals surface area contributed by atoms with Crippen LogP contribution in [-0.4, -0.2) is 15.9 Å². The maximum Gasteiger partial charge on any atom is 0.132 e. The molecule has 3 nitrogen and oxygen atoms in total. The molecule has 0 saturated heterocycles. The summed E-state index contributed by atoms with van der Waals surface area (Å²) in [7, 11) is 0. The van der Waals surface area contributed by atoms with Gasteiger partial charge >= 0.3 is 0 Å². The third-order valence-electron chi connectivity index (χ3n) is 3.44. The van der Waals surface area contributed by atoms with Crippen LogP contribution in [0.3, 0.4) is 0 Å². The second-order valence-corrected chi connectivity index (χ2v) is 4.98. The molecular weight excluding hydrogens is 250 g/mol. The number of pyridine rings is 1. The number of nitrogens with zero attached hydrogens (tertiary/aromatic N) is 1. The smallest absolute Gasteiger partial charge is 0.132 e. The van der Waals surface area contributed by atoms with Crippen molar-refractivity contribution < 1.29 is 9.90 Å². The summed E-state index contributed by atoms with van der Waals surface area (Å²) >= 11 is 0. The van der Waals surface area contributed by atoms with Gasteiger partial charge in [-0.25, -0.2) is 4.98 Å². The second kappa shape index (κ2) is 5.02. The van der Waals surface area contributed by atoms with Gasteiger partial charge in [-0.05, 0) is 24.6 Å². The number of aliphatic hydroxyl groups is 1. The molecule has 1 heterocycles. The van der Waals surface area contributed by atoms with Crippen molar-refractivity contribution in [2.45, 2.75) is 19.4 Å². The zero-order valence-electron chi connectivity index (χ0n) is 11.2. The zero-order chi connectivity index (χ0) is 14.1. The van der Waals surface area contributed by atoms with E-state index in [9.17, 15) is 9.90 Å². The summed E-state index contributed by atoms with van der Waals surface area (Å²) in [5, 5.41) is 12.2. The number of aromatic nitrogens is 1. The minimum absolute atomic E-state index is 0.0255. The van der Waals surface area contributed by atoms with E-state index in [1.54, 1.807) is 0 Å². The number of carbonyl (C=O) groups is 1. The Kier molecular flexibility index (Phi) is 3.20. The number of fused-ring (bicyclic) bond motifs is 2. The number of hydrogen-bond donors (Lipinski definition) is 1. The van der Waals surface area contributed by atoms with Crippen LogP contribution in [-0.2, 0) is 4.79 Å². The first-order chi connectivity index (χ1) is 9.66. The van der Waals surface area contributed by atoms with Crippen LogP contribution in [0, 0.1) is 0 Å². The molecule has 0 radical (unpaired) electrons. The van der Waals surface area contributed by atoms with E-state index in [1.807, 2.05) is 48.5 Å². The van der Waals surface area contributed by atoms with Crippen molar-refractivity contribution in [3.05, 3.63) is 54.1 Å². The van der Waals surface area contributed by atoms with Gasteiger partial charge in [-0.2, -0.15) is 0 Å². The van der Waals surface area contributed by atoms with Crippen LogP contribution in [0.1, 0.15) is 25.0 Å². The van der Waals surface area contributed by atoms with Gasteiger partial charge in [0.2, 0.25) is 0 Å². The van der Waals surface area contributed by atoms with E-state index >= 15 is 0 Å². The zero-order valence-corrected chi connectivity index (χ0v) is 11.2. The van der Waals surface area contributed by atoms with Crippen LogP contribution < -0.4 is 0 Å². The monoisotopic (exact) mass is 265 g/mol. The first-order valence-corrected chi connectivity index (χ1v) is 6.61. The molecule has 0 aliphatic rings. The molecule has 1 atom stereocenters. The average Bonchev–Trinajstić information content (AvgIpc) is 2.43. The quantitative estimate of drug-likeness (QED) is 0.738. The molecule has 3 aromatic rings. The molecule has 0 bridgehead atoms. The number of Topliss-reactive ketones (excluding diaryl/α,β-unsaturated/α-hetero) is 1. The Labute approximate surface area is 116 Å². The highest BCUT2D eigenvalue weighted by atomic mass is 16.3. The molecule has 1 N–H and O–H groups in total. The number of benzene rings is 2. The summed E-state index contributed by atoms with van der Waals surface area (Å²) in [6.45, 7) is 1.49. The third kappa shape index (κ3) is 2.17. The largest absolute Gasteiger partial charge is 0.388 e. The fourth-order valence-electron chi connectivity index (χ4n) is 2.61. The molecule has 0 amide bonds. The molecule has 0 fully saturated rings. The van der Waals surface area contributed by atoms with Gasteiger partial charge in [0.15, 0.2) is 0 Å². The molecule has 100 valence electrons. The Morgan fingerprint density at radius 3 is 2.05 bits per heavy atom. The third-order valence-corrected chi connectivity index (χ3v) is 3.44. The lowest BCUT2D eigenvalue weighted by atomic mass is 9.95. The van der Waals surface area contributed by atoms with Gasteiger partial charge in [0.05, 0.1) is 17.1 Å². The standard InChI is InChI=1S/C17H15NO2/c1-11(19)10-16(20)17-12-6-2-4-8-14(12)18-15-9-5-3-7-13(15)17/h2-9,16,20H,10H2,1H3. The van der Waals surface area contributed by atoms with E-state index in [0.717, 1.165) is 27.4 Å². The lowest BCUT2D eigenvalue weighted by molar-refractivity contribution is -0.118. The number of para-hydroxylation sites is 2. The van der Waals surface area contributed by atoms with Crippen molar-refractivity contribution in [3.8, 4) is 0 Å². The minimum Gasteiger partial charge on any atom is -0.388 e. The molecule has 0 saturated carbocycles. The van der Waals surface area contributed by atoms with Gasteiger partial charge in [-0.3, -0.25) is 4.79 Å². The second-order valence-electron chi connectivity index (χ2n) is 4.98. The molecule has 20 heavy (non-hydrogen) atoms. The summed E-state index contributed by atoms with van der Waals surface area (Å²) < 4.78 is 0. The van der Waals surface area contributed by atoms with Crippen LogP contribution in [0.5, 0.6) is 0 Å². The van der Waals surface area contributed by atoms with E-state index in [-0.39, 0.29) is 12.2 Å².